The molecule has 1 fully saturated rings. The molecule has 1 atom stereocenters. The van der Waals surface area contributed by atoms with Gasteiger partial charge in [0, 0.05) is 5.69 Å². The Balaban J connectivity index is 1.56. The maximum Gasteiger partial charge on any atom is 0.325 e. The van der Waals surface area contributed by atoms with Crippen LogP contribution in [0.2, 0.25) is 0 Å². The van der Waals surface area contributed by atoms with Gasteiger partial charge in [0.15, 0.2) is 0 Å². The molecule has 2 aromatic rings. The highest BCUT2D eigenvalue weighted by atomic mass is 32.2. The molecule has 0 aliphatic carbocycles. The quantitative estimate of drug-likeness (QED) is 0.574. The van der Waals surface area contributed by atoms with Crippen LogP contribution < -0.4 is 15.8 Å². The predicted molar refractivity (Wildman–Crippen MR) is 105 cm³/mol. The fraction of sp³-hybridized carbons (Fsp3) is 0.211. The second kappa shape index (κ2) is 8.41. The number of imide groups is 1. The number of aryl methyl sites for hydroxylation is 1. The summed E-state index contributed by atoms with van der Waals surface area (Å²) in [5.41, 5.74) is 1.36. The summed E-state index contributed by atoms with van der Waals surface area (Å²) in [4.78, 5) is 37.5. The number of nitrogens with two attached hydrogens (primary N) is 1. The monoisotopic (exact) mass is 416 g/mol. The van der Waals surface area contributed by atoms with Crippen LogP contribution in [-0.2, 0) is 26.0 Å². The highest BCUT2D eigenvalue weighted by Crippen LogP contribution is 2.15. The number of urea groups is 1. The normalized spacial score (nSPS) is 16.6. The number of benzene rings is 2. The Morgan fingerprint density at radius 2 is 1.72 bits per heavy atom. The lowest BCUT2D eigenvalue weighted by molar-refractivity contribution is -0.130. The number of rotatable bonds is 7. The molecule has 1 saturated heterocycles. The number of carbonyl (C=O) groups is 3. The average Bonchev–Trinajstić information content (AvgIpc) is 2.94. The lowest BCUT2D eigenvalue weighted by Crippen LogP contribution is -2.38. The number of hydrogen-bond donors (Lipinski definition) is 3. The minimum atomic E-state index is -3.83. The van der Waals surface area contributed by atoms with Crippen LogP contribution in [0.4, 0.5) is 10.5 Å². The predicted octanol–water partition coefficient (Wildman–Crippen LogP) is 0.826. The number of anilines is 1. The molecule has 1 aliphatic heterocycles. The van der Waals surface area contributed by atoms with Crippen molar-refractivity contribution < 1.29 is 22.8 Å². The summed E-state index contributed by atoms with van der Waals surface area (Å²) < 4.78 is 22.5. The number of carbonyl (C=O) groups excluding carboxylic acids is 3. The van der Waals surface area contributed by atoms with E-state index in [0.717, 1.165) is 10.5 Å². The first-order valence-corrected chi connectivity index (χ1v) is 10.4. The van der Waals surface area contributed by atoms with E-state index in [1.165, 1.54) is 24.3 Å². The first-order chi connectivity index (χ1) is 13.7. The molecule has 9 nitrogen and oxygen atoms in total. The van der Waals surface area contributed by atoms with Crippen LogP contribution in [0.1, 0.15) is 12.0 Å². The van der Waals surface area contributed by atoms with Crippen molar-refractivity contribution in [1.29, 1.82) is 0 Å². The SMILES string of the molecule is NS(=O)(=O)c1ccc(NC(=O)CN2C(=O)N[C@H](CCc3ccccc3)C2=O)cc1. The van der Waals surface area contributed by atoms with Crippen molar-refractivity contribution in [1.82, 2.24) is 10.2 Å². The Hall–Kier alpha value is -3.24. The van der Waals surface area contributed by atoms with Crippen LogP contribution in [0.3, 0.4) is 0 Å². The van der Waals surface area contributed by atoms with Crippen LogP contribution in [0.25, 0.3) is 0 Å². The minimum absolute atomic E-state index is 0.0918. The van der Waals surface area contributed by atoms with E-state index in [-0.39, 0.29) is 4.90 Å². The lowest BCUT2D eigenvalue weighted by atomic mass is 10.1. The third-order valence-electron chi connectivity index (χ3n) is 4.44. The van der Waals surface area contributed by atoms with E-state index in [0.29, 0.717) is 18.5 Å². The van der Waals surface area contributed by atoms with Crippen LogP contribution in [0.5, 0.6) is 0 Å². The van der Waals surface area contributed by atoms with Gasteiger partial charge in [0.25, 0.3) is 5.91 Å². The maximum atomic E-state index is 12.5. The van der Waals surface area contributed by atoms with Gasteiger partial charge in [-0.25, -0.2) is 18.4 Å². The molecule has 1 aliphatic rings. The molecule has 0 radical (unpaired) electrons. The van der Waals surface area contributed by atoms with E-state index in [1.54, 1.807) is 0 Å². The second-order valence-electron chi connectivity index (χ2n) is 6.57. The smallest absolute Gasteiger partial charge is 0.325 e. The van der Waals surface area contributed by atoms with Gasteiger partial charge >= 0.3 is 6.03 Å². The van der Waals surface area contributed by atoms with Gasteiger partial charge < -0.3 is 10.6 Å². The van der Waals surface area contributed by atoms with Gasteiger partial charge in [-0.3, -0.25) is 14.5 Å². The molecule has 0 unspecified atom stereocenters. The number of nitrogens with zero attached hydrogens (tertiary/aromatic N) is 1. The molecule has 2 aromatic carbocycles. The summed E-state index contributed by atoms with van der Waals surface area (Å²) in [5.74, 6) is -1.04. The fourth-order valence-electron chi connectivity index (χ4n) is 2.95. The Bertz CT molecular complexity index is 1020. The molecule has 1 heterocycles. The maximum absolute atomic E-state index is 12.5. The summed E-state index contributed by atoms with van der Waals surface area (Å²) in [6, 6.07) is 13.5. The Morgan fingerprint density at radius 1 is 1.07 bits per heavy atom. The topological polar surface area (TPSA) is 139 Å². The highest BCUT2D eigenvalue weighted by molar-refractivity contribution is 7.89. The first kappa shape index (κ1) is 20.5. The van der Waals surface area contributed by atoms with Crippen molar-refractivity contribution >= 4 is 33.6 Å². The van der Waals surface area contributed by atoms with Crippen molar-refractivity contribution in [3.63, 3.8) is 0 Å². The van der Waals surface area contributed by atoms with Gasteiger partial charge in [0.1, 0.15) is 12.6 Å². The first-order valence-electron chi connectivity index (χ1n) is 8.82. The van der Waals surface area contributed by atoms with E-state index in [4.69, 9.17) is 5.14 Å². The zero-order valence-electron chi connectivity index (χ0n) is 15.4. The molecular weight excluding hydrogens is 396 g/mol. The second-order valence-corrected chi connectivity index (χ2v) is 8.13. The van der Waals surface area contributed by atoms with Crippen molar-refractivity contribution in [2.75, 3.05) is 11.9 Å². The van der Waals surface area contributed by atoms with Gasteiger partial charge in [-0.1, -0.05) is 30.3 Å². The molecule has 152 valence electrons. The van der Waals surface area contributed by atoms with Crippen LogP contribution in [0, 0.1) is 0 Å². The molecule has 4 N–H and O–H groups in total. The molecule has 10 heteroatoms. The van der Waals surface area contributed by atoms with Gasteiger partial charge in [0.2, 0.25) is 15.9 Å². The van der Waals surface area contributed by atoms with Gasteiger partial charge in [-0.2, -0.15) is 0 Å². The van der Waals surface area contributed by atoms with E-state index in [9.17, 15) is 22.8 Å². The summed E-state index contributed by atoms with van der Waals surface area (Å²) in [6.07, 6.45) is 1.05. The van der Waals surface area contributed by atoms with E-state index in [2.05, 4.69) is 10.6 Å². The highest BCUT2D eigenvalue weighted by Gasteiger charge is 2.38. The number of hydrogen-bond acceptors (Lipinski definition) is 5. The van der Waals surface area contributed by atoms with Crippen molar-refractivity contribution in [3.05, 3.63) is 60.2 Å². The van der Waals surface area contributed by atoms with Gasteiger partial charge in [0.05, 0.1) is 4.90 Å². The van der Waals surface area contributed by atoms with Crippen molar-refractivity contribution in [3.8, 4) is 0 Å². The van der Waals surface area contributed by atoms with Crippen molar-refractivity contribution in [2.45, 2.75) is 23.8 Å². The molecule has 0 saturated carbocycles. The van der Waals surface area contributed by atoms with Crippen LogP contribution >= 0.6 is 0 Å². The Kier molecular flexibility index (Phi) is 5.95. The molecule has 3 rings (SSSR count). The lowest BCUT2D eigenvalue weighted by Gasteiger charge is -2.13. The molecule has 29 heavy (non-hydrogen) atoms. The van der Waals surface area contributed by atoms with Crippen LogP contribution in [0.15, 0.2) is 59.5 Å². The summed E-state index contributed by atoms with van der Waals surface area (Å²) in [7, 11) is -3.83. The third-order valence-corrected chi connectivity index (χ3v) is 5.37. The van der Waals surface area contributed by atoms with E-state index < -0.39 is 40.5 Å². The number of sulfonamides is 1. The number of primary sulfonamides is 1. The zero-order valence-corrected chi connectivity index (χ0v) is 16.2. The Labute approximate surface area is 167 Å². The Morgan fingerprint density at radius 3 is 2.34 bits per heavy atom. The zero-order chi connectivity index (χ0) is 21.0. The summed E-state index contributed by atoms with van der Waals surface area (Å²) in [6.45, 7) is -0.441. The molecule has 0 bridgehead atoms. The molecular formula is C19H20N4O5S. The van der Waals surface area contributed by atoms with Crippen LogP contribution in [-0.4, -0.2) is 43.7 Å². The van der Waals surface area contributed by atoms with E-state index >= 15 is 0 Å². The summed E-state index contributed by atoms with van der Waals surface area (Å²) >= 11 is 0. The molecule has 0 spiro atoms. The fourth-order valence-corrected chi connectivity index (χ4v) is 3.47. The number of amides is 4. The largest absolute Gasteiger partial charge is 0.326 e. The van der Waals surface area contributed by atoms with Crippen molar-refractivity contribution in [2.24, 2.45) is 5.14 Å². The number of nitrogens with one attached hydrogen (secondary N) is 2. The minimum Gasteiger partial charge on any atom is -0.326 e. The van der Waals surface area contributed by atoms with E-state index in [1.807, 2.05) is 30.3 Å². The standard InChI is InChI=1S/C19H20N4O5S/c20-29(27,28)15-9-7-14(8-10-15)21-17(24)12-23-18(25)16(22-19(23)26)11-6-13-4-2-1-3-5-13/h1-5,7-10,16H,6,11-12H2,(H,21,24)(H,22,26)(H2,20,27,28)/t16-/m1/s1. The average molecular weight is 416 g/mol. The van der Waals surface area contributed by atoms with Gasteiger partial charge in [-0.15, -0.1) is 0 Å². The molecule has 4 amide bonds. The third kappa shape index (κ3) is 5.18. The molecule has 0 aromatic heterocycles. The summed E-state index contributed by atoms with van der Waals surface area (Å²) in [5, 5.41) is 10.1. The van der Waals surface area contributed by atoms with Gasteiger partial charge in [-0.05, 0) is 42.7 Å².